The molecule has 20 heavy (non-hydrogen) atoms. The number of nitrogens with two attached hydrogens (primary N) is 1. The molecule has 0 atom stereocenters. The molecule has 0 aliphatic heterocycles. The van der Waals surface area contributed by atoms with Crippen molar-refractivity contribution in [3.8, 4) is 0 Å². The number of carbonyl (C=O) groups excluding carboxylic acids is 1. The predicted molar refractivity (Wildman–Crippen MR) is 73.9 cm³/mol. The van der Waals surface area contributed by atoms with Gasteiger partial charge in [0.05, 0.1) is 4.90 Å². The van der Waals surface area contributed by atoms with Crippen molar-refractivity contribution >= 4 is 38.9 Å². The lowest BCUT2D eigenvalue weighted by Gasteiger charge is -2.04. The summed E-state index contributed by atoms with van der Waals surface area (Å²) >= 11 is 6.55. The Morgan fingerprint density at radius 2 is 1.95 bits per heavy atom. The molecular weight excluding hydrogens is 324 g/mol. The third-order valence-electron chi connectivity index (χ3n) is 2.30. The highest BCUT2D eigenvalue weighted by atomic mass is 35.5. The quantitative estimate of drug-likeness (QED) is 0.858. The minimum Gasteiger partial charge on any atom is -0.346 e. The second kappa shape index (κ2) is 5.83. The van der Waals surface area contributed by atoms with E-state index >= 15 is 0 Å². The van der Waals surface area contributed by atoms with Crippen LogP contribution >= 0.6 is 22.9 Å². The van der Waals surface area contributed by atoms with Crippen LogP contribution < -0.4 is 10.5 Å². The molecule has 106 valence electrons. The molecule has 7 nitrogen and oxygen atoms in total. The van der Waals surface area contributed by atoms with Gasteiger partial charge in [-0.05, 0) is 29.3 Å². The van der Waals surface area contributed by atoms with Gasteiger partial charge in [0.2, 0.25) is 19.5 Å². The number of aromatic nitrogens is 2. The second-order valence-corrected chi connectivity index (χ2v) is 6.85. The van der Waals surface area contributed by atoms with E-state index in [1.54, 1.807) is 12.1 Å². The molecule has 0 spiro atoms. The van der Waals surface area contributed by atoms with Crippen LogP contribution in [0.1, 0.15) is 15.4 Å². The smallest absolute Gasteiger partial charge is 0.282 e. The van der Waals surface area contributed by atoms with Crippen molar-refractivity contribution in [2.75, 3.05) is 0 Å². The molecule has 1 amide bonds. The van der Waals surface area contributed by atoms with E-state index < -0.39 is 15.9 Å². The number of nitrogens with one attached hydrogen (secondary N) is 1. The summed E-state index contributed by atoms with van der Waals surface area (Å²) in [5, 5.41) is 14.9. The first kappa shape index (κ1) is 14.9. The van der Waals surface area contributed by atoms with Crippen molar-refractivity contribution in [1.29, 1.82) is 0 Å². The summed E-state index contributed by atoms with van der Waals surface area (Å²) < 4.78 is 22.3. The van der Waals surface area contributed by atoms with Crippen LogP contribution in [0.25, 0.3) is 0 Å². The summed E-state index contributed by atoms with van der Waals surface area (Å²) in [7, 11) is -3.71. The van der Waals surface area contributed by atoms with Crippen LogP contribution in [0.5, 0.6) is 0 Å². The van der Waals surface area contributed by atoms with Crippen LogP contribution in [-0.2, 0) is 16.6 Å². The zero-order valence-electron chi connectivity index (χ0n) is 9.91. The van der Waals surface area contributed by atoms with Gasteiger partial charge in [0.25, 0.3) is 5.91 Å². The summed E-state index contributed by atoms with van der Waals surface area (Å²) in [6.07, 6.45) is 0. The molecular formula is C10H9ClN4O3S2. The number of nitrogens with zero attached hydrogens (tertiary/aromatic N) is 2. The number of hydrogen-bond donors (Lipinski definition) is 2. The third-order valence-corrected chi connectivity index (χ3v) is 4.25. The van der Waals surface area contributed by atoms with Crippen LogP contribution in [-0.4, -0.2) is 24.5 Å². The molecule has 1 aromatic carbocycles. The average Bonchev–Trinajstić information content (AvgIpc) is 2.82. The monoisotopic (exact) mass is 332 g/mol. The summed E-state index contributed by atoms with van der Waals surface area (Å²) in [6.45, 7) is 0.223. The van der Waals surface area contributed by atoms with Crippen molar-refractivity contribution in [3.05, 3.63) is 39.3 Å². The van der Waals surface area contributed by atoms with Crippen LogP contribution in [0.3, 0.4) is 0 Å². The lowest BCUT2D eigenvalue weighted by atomic mass is 10.2. The highest BCUT2D eigenvalue weighted by molar-refractivity contribution is 7.89. The van der Waals surface area contributed by atoms with Crippen molar-refractivity contribution < 1.29 is 13.2 Å². The Hall–Kier alpha value is -1.55. The SMILES string of the molecule is NS(=O)(=O)c1ccc(CNC(=O)c2nnc(Cl)s2)cc1. The topological polar surface area (TPSA) is 115 Å². The zero-order valence-corrected chi connectivity index (χ0v) is 12.3. The Balaban J connectivity index is 1.99. The third kappa shape index (κ3) is 3.73. The van der Waals surface area contributed by atoms with Crippen LogP contribution in [0.4, 0.5) is 0 Å². The molecule has 0 saturated heterocycles. The van der Waals surface area contributed by atoms with E-state index in [-0.39, 0.29) is 20.9 Å². The minimum absolute atomic E-state index is 0.0171. The van der Waals surface area contributed by atoms with E-state index in [4.69, 9.17) is 16.7 Å². The fourth-order valence-corrected chi connectivity index (χ4v) is 2.61. The summed E-state index contributed by atoms with van der Waals surface area (Å²) in [4.78, 5) is 11.7. The number of halogens is 1. The molecule has 0 saturated carbocycles. The summed E-state index contributed by atoms with van der Waals surface area (Å²) in [5.41, 5.74) is 0.723. The maximum atomic E-state index is 11.7. The van der Waals surface area contributed by atoms with Crippen molar-refractivity contribution in [1.82, 2.24) is 15.5 Å². The Bertz CT molecular complexity index is 727. The maximum Gasteiger partial charge on any atom is 0.282 e. The van der Waals surface area contributed by atoms with Crippen molar-refractivity contribution in [3.63, 3.8) is 0 Å². The lowest BCUT2D eigenvalue weighted by molar-refractivity contribution is 0.0950. The van der Waals surface area contributed by atoms with E-state index in [9.17, 15) is 13.2 Å². The van der Waals surface area contributed by atoms with Gasteiger partial charge in [-0.25, -0.2) is 13.6 Å². The number of hydrogen-bond acceptors (Lipinski definition) is 6. The molecule has 1 heterocycles. The van der Waals surface area contributed by atoms with Gasteiger partial charge in [-0.15, -0.1) is 10.2 Å². The van der Waals surface area contributed by atoms with Crippen molar-refractivity contribution in [2.45, 2.75) is 11.4 Å². The molecule has 0 aliphatic rings. The van der Waals surface area contributed by atoms with Crippen LogP contribution in [0, 0.1) is 0 Å². The van der Waals surface area contributed by atoms with E-state index in [0.717, 1.165) is 16.9 Å². The van der Waals surface area contributed by atoms with Gasteiger partial charge in [-0.1, -0.05) is 23.5 Å². The fraction of sp³-hybridized carbons (Fsp3) is 0.100. The molecule has 10 heteroatoms. The van der Waals surface area contributed by atoms with Crippen molar-refractivity contribution in [2.24, 2.45) is 5.14 Å². The predicted octanol–water partition coefficient (Wildman–Crippen LogP) is 0.769. The van der Waals surface area contributed by atoms with Gasteiger partial charge in [0.1, 0.15) is 0 Å². The lowest BCUT2D eigenvalue weighted by Crippen LogP contribution is -2.22. The number of primary sulfonamides is 1. The Kier molecular flexibility index (Phi) is 4.33. The Labute approximate surface area is 123 Å². The standard InChI is InChI=1S/C10H9ClN4O3S2/c11-10-15-14-9(19-10)8(16)13-5-6-1-3-7(4-2-6)20(12,17)18/h1-4H,5H2,(H,13,16)(H2,12,17,18). The van der Waals surface area contributed by atoms with Crippen LogP contribution in [0.2, 0.25) is 4.47 Å². The first-order valence-electron chi connectivity index (χ1n) is 5.25. The number of rotatable bonds is 4. The number of amides is 1. The second-order valence-electron chi connectivity index (χ2n) is 3.73. The molecule has 0 bridgehead atoms. The molecule has 0 unspecified atom stereocenters. The largest absolute Gasteiger partial charge is 0.346 e. The average molecular weight is 333 g/mol. The molecule has 0 radical (unpaired) electrons. The number of benzene rings is 1. The first-order chi connectivity index (χ1) is 9.36. The highest BCUT2D eigenvalue weighted by Crippen LogP contribution is 2.14. The normalized spacial score (nSPS) is 11.3. The summed E-state index contributed by atoms with van der Waals surface area (Å²) in [6, 6.07) is 5.87. The van der Waals surface area contributed by atoms with Gasteiger partial charge >= 0.3 is 0 Å². The summed E-state index contributed by atoms with van der Waals surface area (Å²) in [5.74, 6) is -0.398. The molecule has 2 rings (SSSR count). The van der Waals surface area contributed by atoms with Gasteiger partial charge in [-0.3, -0.25) is 4.79 Å². The Morgan fingerprint density at radius 1 is 1.30 bits per heavy atom. The van der Waals surface area contributed by atoms with Gasteiger partial charge in [0, 0.05) is 6.54 Å². The zero-order chi connectivity index (χ0) is 14.8. The van der Waals surface area contributed by atoms with Crippen LogP contribution in [0.15, 0.2) is 29.2 Å². The molecule has 3 N–H and O–H groups in total. The molecule has 0 aliphatic carbocycles. The van der Waals surface area contributed by atoms with E-state index in [0.29, 0.717) is 0 Å². The maximum absolute atomic E-state index is 11.7. The minimum atomic E-state index is -3.71. The molecule has 0 fully saturated rings. The van der Waals surface area contributed by atoms with E-state index in [2.05, 4.69) is 15.5 Å². The van der Waals surface area contributed by atoms with E-state index in [1.165, 1.54) is 12.1 Å². The number of sulfonamides is 1. The fourth-order valence-electron chi connectivity index (χ4n) is 1.35. The van der Waals surface area contributed by atoms with Gasteiger partial charge in [-0.2, -0.15) is 0 Å². The first-order valence-corrected chi connectivity index (χ1v) is 7.99. The van der Waals surface area contributed by atoms with E-state index in [1.807, 2.05) is 0 Å². The number of carbonyl (C=O) groups is 1. The van der Waals surface area contributed by atoms with Gasteiger partial charge < -0.3 is 5.32 Å². The van der Waals surface area contributed by atoms with Gasteiger partial charge in [0.15, 0.2) is 0 Å². The molecule has 1 aromatic heterocycles. The molecule has 2 aromatic rings. The Morgan fingerprint density at radius 3 is 2.45 bits per heavy atom. The highest BCUT2D eigenvalue weighted by Gasteiger charge is 2.12.